The van der Waals surface area contributed by atoms with Crippen molar-refractivity contribution in [2.75, 3.05) is 5.32 Å². The fraction of sp³-hybridized carbons (Fsp3) is 0.0667. The van der Waals surface area contributed by atoms with E-state index in [9.17, 15) is 14.0 Å². The Labute approximate surface area is 128 Å². The highest BCUT2D eigenvalue weighted by Crippen LogP contribution is 2.22. The number of halogens is 2. The zero-order valence-electron chi connectivity index (χ0n) is 11.0. The van der Waals surface area contributed by atoms with Gasteiger partial charge in [0.05, 0.1) is 11.3 Å². The second-order valence-electron chi connectivity index (χ2n) is 4.41. The molecule has 0 atom stereocenters. The molecule has 0 bridgehead atoms. The fourth-order valence-electron chi connectivity index (χ4n) is 1.88. The Balaban J connectivity index is 2.38. The van der Waals surface area contributed by atoms with Crippen molar-refractivity contribution in [2.45, 2.75) is 6.92 Å². The zero-order valence-corrected chi connectivity index (χ0v) is 12.6. The molecule has 0 spiro atoms. The Kier molecular flexibility index (Phi) is 4.37. The lowest BCUT2D eigenvalue weighted by Gasteiger charge is -2.11. The van der Waals surface area contributed by atoms with Gasteiger partial charge in [0, 0.05) is 10.0 Å². The fourth-order valence-corrected chi connectivity index (χ4v) is 2.35. The van der Waals surface area contributed by atoms with Gasteiger partial charge < -0.3 is 10.4 Å². The maximum atomic E-state index is 13.3. The predicted molar refractivity (Wildman–Crippen MR) is 80.2 cm³/mol. The molecular formula is C15H11BrFNO3. The maximum absolute atomic E-state index is 13.3. The van der Waals surface area contributed by atoms with Crippen LogP contribution in [0.5, 0.6) is 0 Å². The average molecular weight is 352 g/mol. The molecule has 0 aliphatic carbocycles. The van der Waals surface area contributed by atoms with Gasteiger partial charge in [0.1, 0.15) is 5.82 Å². The second kappa shape index (κ2) is 6.05. The minimum atomic E-state index is -1.14. The molecule has 0 aromatic heterocycles. The Bertz CT molecular complexity index is 711. The number of rotatable bonds is 3. The van der Waals surface area contributed by atoms with Crippen molar-refractivity contribution in [1.29, 1.82) is 0 Å². The number of carboxylic acid groups (broad SMARTS) is 1. The molecule has 0 unspecified atom stereocenters. The van der Waals surface area contributed by atoms with E-state index < -0.39 is 17.7 Å². The van der Waals surface area contributed by atoms with Gasteiger partial charge in [-0.15, -0.1) is 0 Å². The van der Waals surface area contributed by atoms with Gasteiger partial charge in [-0.1, -0.05) is 28.1 Å². The van der Waals surface area contributed by atoms with Crippen LogP contribution in [0.3, 0.4) is 0 Å². The van der Waals surface area contributed by atoms with Crippen LogP contribution in [0.15, 0.2) is 40.9 Å². The van der Waals surface area contributed by atoms with E-state index in [-0.39, 0.29) is 16.8 Å². The van der Waals surface area contributed by atoms with Crippen LogP contribution in [-0.2, 0) is 0 Å². The summed E-state index contributed by atoms with van der Waals surface area (Å²) in [6, 6.07) is 8.44. The van der Waals surface area contributed by atoms with E-state index in [2.05, 4.69) is 21.2 Å². The molecule has 1 amide bonds. The Hall–Kier alpha value is -2.21. The highest BCUT2D eigenvalue weighted by molar-refractivity contribution is 9.10. The summed E-state index contributed by atoms with van der Waals surface area (Å²) in [7, 11) is 0. The third kappa shape index (κ3) is 3.46. The first-order chi connectivity index (χ1) is 9.88. The Morgan fingerprint density at radius 3 is 2.57 bits per heavy atom. The molecule has 21 heavy (non-hydrogen) atoms. The van der Waals surface area contributed by atoms with Crippen molar-refractivity contribution in [3.8, 4) is 0 Å². The molecule has 0 saturated heterocycles. The number of anilines is 1. The number of carbonyl (C=O) groups is 2. The quantitative estimate of drug-likeness (QED) is 0.882. The second-order valence-corrected chi connectivity index (χ2v) is 5.33. The molecule has 4 nitrogen and oxygen atoms in total. The number of nitrogens with one attached hydrogen (secondary N) is 1. The van der Waals surface area contributed by atoms with E-state index >= 15 is 0 Å². The number of aryl methyl sites for hydroxylation is 1. The van der Waals surface area contributed by atoms with E-state index in [4.69, 9.17) is 5.11 Å². The van der Waals surface area contributed by atoms with E-state index in [0.29, 0.717) is 10.0 Å². The number of benzene rings is 2. The SMILES string of the molecule is Cc1cccc(C(=O)O)c1NC(=O)c1cc(F)cc(Br)c1. The summed E-state index contributed by atoms with van der Waals surface area (Å²) < 4.78 is 13.7. The summed E-state index contributed by atoms with van der Waals surface area (Å²) in [6.45, 7) is 1.68. The van der Waals surface area contributed by atoms with E-state index in [0.717, 1.165) is 6.07 Å². The molecule has 2 rings (SSSR count). The molecule has 0 aliphatic rings. The maximum Gasteiger partial charge on any atom is 0.337 e. The summed E-state index contributed by atoms with van der Waals surface area (Å²) in [6.07, 6.45) is 0. The van der Waals surface area contributed by atoms with Gasteiger partial charge >= 0.3 is 5.97 Å². The third-order valence-electron chi connectivity index (χ3n) is 2.87. The lowest BCUT2D eigenvalue weighted by atomic mass is 10.1. The summed E-state index contributed by atoms with van der Waals surface area (Å²) in [5, 5.41) is 11.7. The van der Waals surface area contributed by atoms with Gasteiger partial charge in [-0.05, 0) is 36.8 Å². The number of carboxylic acids is 1. The van der Waals surface area contributed by atoms with Gasteiger partial charge in [0.15, 0.2) is 0 Å². The molecule has 108 valence electrons. The van der Waals surface area contributed by atoms with Gasteiger partial charge in [0.25, 0.3) is 5.91 Å². The van der Waals surface area contributed by atoms with Gasteiger partial charge in [0.2, 0.25) is 0 Å². The average Bonchev–Trinajstić information content (AvgIpc) is 2.39. The minimum Gasteiger partial charge on any atom is -0.478 e. The molecule has 2 N–H and O–H groups in total. The molecule has 0 saturated carbocycles. The van der Waals surface area contributed by atoms with Gasteiger partial charge in [-0.25, -0.2) is 9.18 Å². The Morgan fingerprint density at radius 1 is 1.24 bits per heavy atom. The lowest BCUT2D eigenvalue weighted by Crippen LogP contribution is -2.16. The third-order valence-corrected chi connectivity index (χ3v) is 3.32. The number of carbonyl (C=O) groups excluding carboxylic acids is 1. The largest absolute Gasteiger partial charge is 0.478 e. The van der Waals surface area contributed by atoms with Crippen LogP contribution in [0.4, 0.5) is 10.1 Å². The summed E-state index contributed by atoms with van der Waals surface area (Å²) in [5.74, 6) is -2.28. The summed E-state index contributed by atoms with van der Waals surface area (Å²) in [4.78, 5) is 23.3. The lowest BCUT2D eigenvalue weighted by molar-refractivity contribution is 0.0698. The molecule has 0 radical (unpaired) electrons. The van der Waals surface area contributed by atoms with E-state index in [1.54, 1.807) is 19.1 Å². The molecule has 0 aliphatic heterocycles. The first-order valence-corrected chi connectivity index (χ1v) is 6.78. The van der Waals surface area contributed by atoms with Crippen molar-refractivity contribution >= 4 is 33.5 Å². The number of hydrogen-bond acceptors (Lipinski definition) is 2. The number of para-hydroxylation sites is 1. The van der Waals surface area contributed by atoms with E-state index in [1.807, 2.05) is 0 Å². The van der Waals surface area contributed by atoms with Crippen LogP contribution in [0, 0.1) is 12.7 Å². The predicted octanol–water partition coefficient (Wildman–Crippen LogP) is 3.85. The first-order valence-electron chi connectivity index (χ1n) is 5.99. The van der Waals surface area contributed by atoms with Crippen molar-refractivity contribution in [3.05, 3.63) is 63.4 Å². The van der Waals surface area contributed by atoms with Crippen LogP contribution in [0.2, 0.25) is 0 Å². The minimum absolute atomic E-state index is 0.0150. The first kappa shape index (κ1) is 15.2. The monoisotopic (exact) mass is 351 g/mol. The number of amides is 1. The highest BCUT2D eigenvalue weighted by atomic mass is 79.9. The van der Waals surface area contributed by atoms with Crippen LogP contribution >= 0.6 is 15.9 Å². The molecule has 2 aromatic carbocycles. The van der Waals surface area contributed by atoms with Gasteiger partial charge in [-0.3, -0.25) is 4.79 Å². The summed E-state index contributed by atoms with van der Waals surface area (Å²) >= 11 is 3.10. The van der Waals surface area contributed by atoms with Crippen LogP contribution in [-0.4, -0.2) is 17.0 Å². The van der Waals surface area contributed by atoms with E-state index in [1.165, 1.54) is 18.2 Å². The molecule has 6 heteroatoms. The molecule has 2 aromatic rings. The Morgan fingerprint density at radius 2 is 1.95 bits per heavy atom. The molecule has 0 fully saturated rings. The van der Waals surface area contributed by atoms with Crippen molar-refractivity contribution in [1.82, 2.24) is 0 Å². The van der Waals surface area contributed by atoms with Gasteiger partial charge in [-0.2, -0.15) is 0 Å². The van der Waals surface area contributed by atoms with Crippen molar-refractivity contribution in [3.63, 3.8) is 0 Å². The standard InChI is InChI=1S/C15H11BrFNO3/c1-8-3-2-4-12(15(20)21)13(8)18-14(19)9-5-10(16)7-11(17)6-9/h2-7H,1H3,(H,18,19)(H,20,21). The van der Waals surface area contributed by atoms with Crippen molar-refractivity contribution in [2.24, 2.45) is 0 Å². The van der Waals surface area contributed by atoms with Crippen LogP contribution in [0.25, 0.3) is 0 Å². The topological polar surface area (TPSA) is 66.4 Å². The van der Waals surface area contributed by atoms with Crippen LogP contribution in [0.1, 0.15) is 26.3 Å². The number of aromatic carboxylic acids is 1. The van der Waals surface area contributed by atoms with Crippen molar-refractivity contribution < 1.29 is 19.1 Å². The number of hydrogen-bond donors (Lipinski definition) is 2. The highest BCUT2D eigenvalue weighted by Gasteiger charge is 2.16. The van der Waals surface area contributed by atoms with Crippen LogP contribution < -0.4 is 5.32 Å². The molecule has 0 heterocycles. The molecular weight excluding hydrogens is 341 g/mol. The zero-order chi connectivity index (χ0) is 15.6. The normalized spacial score (nSPS) is 10.2. The summed E-state index contributed by atoms with van der Waals surface area (Å²) in [5.41, 5.74) is 0.898. The smallest absolute Gasteiger partial charge is 0.337 e.